The summed E-state index contributed by atoms with van der Waals surface area (Å²) >= 11 is 0. The van der Waals surface area contributed by atoms with Gasteiger partial charge in [-0.05, 0) is 72.8 Å². The lowest BCUT2D eigenvalue weighted by atomic mass is 10.1. The van der Waals surface area contributed by atoms with E-state index >= 15 is 0 Å². The average molecular weight is 464 g/mol. The fraction of sp³-hybridized carbons (Fsp3) is 0.136. The molecule has 1 N–H and O–H groups in total. The number of amides is 1. The lowest BCUT2D eigenvalue weighted by Gasteiger charge is -2.20. The van der Waals surface area contributed by atoms with Crippen LogP contribution in [0, 0.1) is 0 Å². The highest BCUT2D eigenvalue weighted by atomic mass is 32.2. The first-order chi connectivity index (χ1) is 15.0. The predicted molar refractivity (Wildman–Crippen MR) is 114 cm³/mol. The number of hydrogen-bond donors (Lipinski definition) is 1. The van der Waals surface area contributed by atoms with Crippen LogP contribution in [-0.2, 0) is 16.2 Å². The molecule has 0 spiro atoms. The summed E-state index contributed by atoms with van der Waals surface area (Å²) in [5.41, 5.74) is -0.0805. The van der Waals surface area contributed by atoms with E-state index in [2.05, 4.69) is 5.32 Å². The van der Waals surface area contributed by atoms with Gasteiger partial charge in [0.25, 0.3) is 15.9 Å². The highest BCUT2D eigenvalue weighted by Gasteiger charge is 2.30. The van der Waals surface area contributed by atoms with E-state index in [0.717, 1.165) is 28.6 Å². The number of nitrogens with zero attached hydrogens (tertiary/aromatic N) is 1. The second-order valence-corrected chi connectivity index (χ2v) is 8.69. The van der Waals surface area contributed by atoms with Crippen LogP contribution in [0.1, 0.15) is 15.9 Å². The highest BCUT2D eigenvalue weighted by molar-refractivity contribution is 7.92. The van der Waals surface area contributed by atoms with E-state index in [1.807, 2.05) is 0 Å². The Kier molecular flexibility index (Phi) is 6.45. The van der Waals surface area contributed by atoms with Crippen LogP contribution < -0.4 is 14.4 Å². The molecular weight excluding hydrogens is 445 g/mol. The molecule has 0 atom stereocenters. The molecule has 0 radical (unpaired) electrons. The standard InChI is InChI=1S/C22H19F3N2O4S/c1-27(32(29,30)20-13-11-19(31-2)12-14-20)18-9-3-15(4-10-18)21(28)26-17-7-5-16(6-8-17)22(23,24)25/h3-14H,1-2H3,(H,26,28). The Hall–Kier alpha value is -3.53. The Morgan fingerprint density at radius 2 is 1.47 bits per heavy atom. The molecule has 3 rings (SSSR count). The van der Waals surface area contributed by atoms with Gasteiger partial charge in [0.15, 0.2) is 0 Å². The molecule has 0 aliphatic heterocycles. The number of methoxy groups -OCH3 is 1. The van der Waals surface area contributed by atoms with Crippen molar-refractivity contribution in [3.05, 3.63) is 83.9 Å². The van der Waals surface area contributed by atoms with Crippen molar-refractivity contribution in [1.29, 1.82) is 0 Å². The van der Waals surface area contributed by atoms with Crippen LogP contribution in [0.4, 0.5) is 24.5 Å². The van der Waals surface area contributed by atoms with Crippen LogP contribution in [0.15, 0.2) is 77.7 Å². The average Bonchev–Trinajstić information content (AvgIpc) is 2.78. The molecule has 0 aromatic heterocycles. The molecule has 0 heterocycles. The van der Waals surface area contributed by atoms with Crippen LogP contribution in [0.5, 0.6) is 5.75 Å². The van der Waals surface area contributed by atoms with E-state index in [4.69, 9.17) is 4.74 Å². The third-order valence-electron chi connectivity index (χ3n) is 4.68. The van der Waals surface area contributed by atoms with E-state index in [9.17, 15) is 26.4 Å². The molecule has 0 saturated heterocycles. The fourth-order valence-corrected chi connectivity index (χ4v) is 4.01. The maximum absolute atomic E-state index is 12.8. The van der Waals surface area contributed by atoms with Crippen molar-refractivity contribution in [1.82, 2.24) is 0 Å². The van der Waals surface area contributed by atoms with Crippen LogP contribution in [0.3, 0.4) is 0 Å². The zero-order chi connectivity index (χ0) is 23.5. The number of nitrogens with one attached hydrogen (secondary N) is 1. The van der Waals surface area contributed by atoms with Gasteiger partial charge in [-0.2, -0.15) is 13.2 Å². The number of carbonyl (C=O) groups is 1. The summed E-state index contributed by atoms with van der Waals surface area (Å²) in [6, 6.07) is 15.8. The Bertz CT molecular complexity index is 1190. The molecule has 0 saturated carbocycles. The molecule has 0 aliphatic carbocycles. The van der Waals surface area contributed by atoms with Gasteiger partial charge in [-0.25, -0.2) is 8.42 Å². The van der Waals surface area contributed by atoms with Crippen LogP contribution in [0.25, 0.3) is 0 Å². The van der Waals surface area contributed by atoms with Crippen LogP contribution in [-0.4, -0.2) is 28.5 Å². The van der Waals surface area contributed by atoms with E-state index in [1.165, 1.54) is 62.7 Å². The van der Waals surface area contributed by atoms with Gasteiger partial charge in [-0.3, -0.25) is 9.10 Å². The van der Waals surface area contributed by atoms with Crippen LogP contribution >= 0.6 is 0 Å². The summed E-state index contributed by atoms with van der Waals surface area (Å²) in [6.07, 6.45) is -4.46. The summed E-state index contributed by atoms with van der Waals surface area (Å²) < 4.78 is 69.6. The summed E-state index contributed by atoms with van der Waals surface area (Å²) in [5, 5.41) is 2.50. The van der Waals surface area contributed by atoms with E-state index in [0.29, 0.717) is 11.4 Å². The molecule has 10 heteroatoms. The highest BCUT2D eigenvalue weighted by Crippen LogP contribution is 2.30. The van der Waals surface area contributed by atoms with E-state index in [-0.39, 0.29) is 16.1 Å². The van der Waals surface area contributed by atoms with Crippen molar-refractivity contribution in [3.63, 3.8) is 0 Å². The molecule has 0 aliphatic rings. The number of halogens is 3. The van der Waals surface area contributed by atoms with E-state index < -0.39 is 27.7 Å². The lowest BCUT2D eigenvalue weighted by molar-refractivity contribution is -0.137. The molecular formula is C22H19F3N2O4S. The molecule has 32 heavy (non-hydrogen) atoms. The van der Waals surface area contributed by atoms with Gasteiger partial charge in [0, 0.05) is 18.3 Å². The summed E-state index contributed by atoms with van der Waals surface area (Å²) in [4.78, 5) is 12.5. The number of carbonyl (C=O) groups excluding carboxylic acids is 1. The minimum Gasteiger partial charge on any atom is -0.497 e. The molecule has 0 fully saturated rings. The third kappa shape index (κ3) is 5.02. The Morgan fingerprint density at radius 3 is 1.97 bits per heavy atom. The Morgan fingerprint density at radius 1 is 0.906 bits per heavy atom. The molecule has 0 bridgehead atoms. The summed E-state index contributed by atoms with van der Waals surface area (Å²) in [5.74, 6) is -0.0213. The van der Waals surface area contributed by atoms with Gasteiger partial charge in [0.05, 0.1) is 23.3 Å². The topological polar surface area (TPSA) is 75.7 Å². The zero-order valence-corrected chi connectivity index (χ0v) is 17.9. The van der Waals surface area contributed by atoms with Gasteiger partial charge >= 0.3 is 6.18 Å². The Labute approximate surface area is 183 Å². The second kappa shape index (κ2) is 8.91. The Balaban J connectivity index is 1.72. The van der Waals surface area contributed by atoms with E-state index in [1.54, 1.807) is 0 Å². The van der Waals surface area contributed by atoms with Gasteiger partial charge in [0.1, 0.15) is 5.75 Å². The molecule has 6 nitrogen and oxygen atoms in total. The van der Waals surface area contributed by atoms with Gasteiger partial charge in [-0.1, -0.05) is 0 Å². The first kappa shape index (κ1) is 23.1. The van der Waals surface area contributed by atoms with Crippen molar-refractivity contribution < 1.29 is 31.1 Å². The minimum atomic E-state index is -4.46. The zero-order valence-electron chi connectivity index (χ0n) is 17.1. The van der Waals surface area contributed by atoms with Crippen molar-refractivity contribution in [2.24, 2.45) is 0 Å². The van der Waals surface area contributed by atoms with Crippen molar-refractivity contribution in [2.75, 3.05) is 23.8 Å². The number of ether oxygens (including phenoxy) is 1. The van der Waals surface area contributed by atoms with Gasteiger partial charge in [-0.15, -0.1) is 0 Å². The molecule has 3 aromatic carbocycles. The maximum atomic E-state index is 12.8. The van der Waals surface area contributed by atoms with Crippen molar-refractivity contribution in [2.45, 2.75) is 11.1 Å². The van der Waals surface area contributed by atoms with Crippen molar-refractivity contribution >= 4 is 27.3 Å². The normalized spacial score (nSPS) is 11.7. The molecule has 0 unspecified atom stereocenters. The maximum Gasteiger partial charge on any atom is 0.416 e. The quantitative estimate of drug-likeness (QED) is 0.569. The summed E-state index contributed by atoms with van der Waals surface area (Å²) in [6.45, 7) is 0. The van der Waals surface area contributed by atoms with Gasteiger partial charge < -0.3 is 10.1 Å². The molecule has 1 amide bonds. The van der Waals surface area contributed by atoms with Gasteiger partial charge in [0.2, 0.25) is 0 Å². The fourth-order valence-electron chi connectivity index (χ4n) is 2.81. The smallest absolute Gasteiger partial charge is 0.416 e. The third-order valence-corrected chi connectivity index (χ3v) is 6.48. The largest absolute Gasteiger partial charge is 0.497 e. The molecule has 3 aromatic rings. The van der Waals surface area contributed by atoms with Crippen LogP contribution in [0.2, 0.25) is 0 Å². The SMILES string of the molecule is COc1ccc(S(=O)(=O)N(C)c2ccc(C(=O)Nc3ccc(C(F)(F)F)cc3)cc2)cc1. The summed E-state index contributed by atoms with van der Waals surface area (Å²) in [7, 11) is -0.967. The predicted octanol–water partition coefficient (Wildman–Crippen LogP) is 4.79. The number of anilines is 2. The number of alkyl halides is 3. The number of hydrogen-bond acceptors (Lipinski definition) is 4. The lowest BCUT2D eigenvalue weighted by Crippen LogP contribution is -2.26. The monoisotopic (exact) mass is 464 g/mol. The first-order valence-electron chi connectivity index (χ1n) is 9.24. The number of sulfonamides is 1. The second-order valence-electron chi connectivity index (χ2n) is 6.72. The number of rotatable bonds is 6. The van der Waals surface area contributed by atoms with Crippen molar-refractivity contribution in [3.8, 4) is 5.75 Å². The molecule has 168 valence electrons. The number of benzene rings is 3. The first-order valence-corrected chi connectivity index (χ1v) is 10.7. The minimum absolute atomic E-state index is 0.0740.